The molecule has 4 nitrogen and oxygen atoms in total. The Balaban J connectivity index is 2.33. The lowest BCUT2D eigenvalue weighted by atomic mass is 10.1. The highest BCUT2D eigenvalue weighted by Gasteiger charge is 2.24. The highest BCUT2D eigenvalue weighted by Crippen LogP contribution is 2.19. The van der Waals surface area contributed by atoms with E-state index in [9.17, 15) is 12.8 Å². The zero-order valence-electron chi connectivity index (χ0n) is 12.5. The van der Waals surface area contributed by atoms with Gasteiger partial charge in [0.25, 0.3) is 0 Å². The van der Waals surface area contributed by atoms with Crippen LogP contribution in [-0.4, -0.2) is 34.0 Å². The van der Waals surface area contributed by atoms with Crippen LogP contribution in [0, 0.1) is 5.82 Å². The highest BCUT2D eigenvalue weighted by atomic mass is 32.2. The smallest absolute Gasteiger partial charge is 0.244 e. The summed E-state index contributed by atoms with van der Waals surface area (Å²) in [7, 11) is -0.227. The zero-order valence-corrected chi connectivity index (χ0v) is 13.3. The standard InChI is InChI=1S/C16H19FN2O2S/c1-19(2)12-15(13-8-4-3-5-9-13)18-22(20,21)16-11-7-6-10-14(16)17/h3-11,15,18H,12H2,1-2H3. The van der Waals surface area contributed by atoms with Gasteiger partial charge in [-0.15, -0.1) is 0 Å². The number of halogens is 1. The van der Waals surface area contributed by atoms with Gasteiger partial charge in [-0.3, -0.25) is 0 Å². The van der Waals surface area contributed by atoms with E-state index in [4.69, 9.17) is 0 Å². The van der Waals surface area contributed by atoms with Crippen LogP contribution < -0.4 is 4.72 Å². The topological polar surface area (TPSA) is 49.4 Å². The summed E-state index contributed by atoms with van der Waals surface area (Å²) < 4.78 is 41.3. The quantitative estimate of drug-likeness (QED) is 0.888. The Morgan fingerprint density at radius 3 is 2.23 bits per heavy atom. The second kappa shape index (κ2) is 7.00. The summed E-state index contributed by atoms with van der Waals surface area (Å²) in [4.78, 5) is 1.54. The normalized spacial score (nSPS) is 13.3. The third-order valence-corrected chi connectivity index (χ3v) is 4.68. The molecule has 22 heavy (non-hydrogen) atoms. The van der Waals surface area contributed by atoms with Crippen molar-refractivity contribution < 1.29 is 12.8 Å². The predicted molar refractivity (Wildman–Crippen MR) is 84.5 cm³/mol. The molecule has 0 aliphatic rings. The molecule has 0 aromatic heterocycles. The fourth-order valence-corrected chi connectivity index (χ4v) is 3.47. The molecule has 2 aromatic rings. The molecule has 0 aliphatic heterocycles. The summed E-state index contributed by atoms with van der Waals surface area (Å²) in [6, 6.07) is 14.1. The first-order valence-corrected chi connectivity index (χ1v) is 8.35. The lowest BCUT2D eigenvalue weighted by Crippen LogP contribution is -2.35. The molecule has 0 bridgehead atoms. The van der Waals surface area contributed by atoms with Crippen LogP contribution in [0.5, 0.6) is 0 Å². The van der Waals surface area contributed by atoms with Crippen LogP contribution in [0.2, 0.25) is 0 Å². The fraction of sp³-hybridized carbons (Fsp3) is 0.250. The third-order valence-electron chi connectivity index (χ3n) is 3.17. The van der Waals surface area contributed by atoms with E-state index in [2.05, 4.69) is 4.72 Å². The minimum atomic E-state index is -3.94. The number of hydrogen-bond acceptors (Lipinski definition) is 3. The molecule has 0 fully saturated rings. The summed E-state index contributed by atoms with van der Waals surface area (Å²) in [6.07, 6.45) is 0. The Bertz CT molecular complexity index is 718. The lowest BCUT2D eigenvalue weighted by molar-refractivity contribution is 0.363. The maximum absolute atomic E-state index is 13.8. The van der Waals surface area contributed by atoms with Crippen molar-refractivity contribution in [3.63, 3.8) is 0 Å². The molecular weight excluding hydrogens is 303 g/mol. The predicted octanol–water partition coefficient (Wildman–Crippen LogP) is 2.41. The van der Waals surface area contributed by atoms with E-state index in [-0.39, 0.29) is 4.90 Å². The summed E-state index contributed by atoms with van der Waals surface area (Å²) >= 11 is 0. The monoisotopic (exact) mass is 322 g/mol. The first kappa shape index (κ1) is 16.6. The van der Waals surface area contributed by atoms with Crippen LogP contribution in [-0.2, 0) is 10.0 Å². The van der Waals surface area contributed by atoms with Crippen LogP contribution in [0.1, 0.15) is 11.6 Å². The average Bonchev–Trinajstić information content (AvgIpc) is 2.47. The van der Waals surface area contributed by atoms with E-state index in [1.807, 2.05) is 49.3 Å². The molecule has 0 heterocycles. The third kappa shape index (κ3) is 4.13. The Hall–Kier alpha value is -1.76. The van der Waals surface area contributed by atoms with Crippen molar-refractivity contribution in [3.05, 3.63) is 66.0 Å². The van der Waals surface area contributed by atoms with Gasteiger partial charge in [-0.1, -0.05) is 42.5 Å². The molecule has 1 unspecified atom stereocenters. The molecule has 0 radical (unpaired) electrons. The zero-order chi connectivity index (χ0) is 16.2. The molecule has 2 aromatic carbocycles. The number of likely N-dealkylation sites (N-methyl/N-ethyl adjacent to an activating group) is 1. The SMILES string of the molecule is CN(C)CC(NS(=O)(=O)c1ccccc1F)c1ccccc1. The number of benzene rings is 2. The second-order valence-corrected chi connectivity index (χ2v) is 6.96. The molecule has 118 valence electrons. The summed E-state index contributed by atoms with van der Waals surface area (Å²) in [5.41, 5.74) is 0.830. The van der Waals surface area contributed by atoms with Crippen LogP contribution in [0.15, 0.2) is 59.5 Å². The van der Waals surface area contributed by atoms with E-state index in [1.54, 1.807) is 0 Å². The molecule has 0 aliphatic carbocycles. The maximum Gasteiger partial charge on any atom is 0.244 e. The number of nitrogens with one attached hydrogen (secondary N) is 1. The van der Waals surface area contributed by atoms with Gasteiger partial charge in [0.15, 0.2) is 0 Å². The minimum Gasteiger partial charge on any atom is -0.307 e. The van der Waals surface area contributed by atoms with Crippen molar-refractivity contribution in [1.29, 1.82) is 0 Å². The maximum atomic E-state index is 13.8. The summed E-state index contributed by atoms with van der Waals surface area (Å²) in [6.45, 7) is 0.470. The van der Waals surface area contributed by atoms with Crippen LogP contribution in [0.25, 0.3) is 0 Å². The molecule has 2 rings (SSSR count). The molecule has 6 heteroatoms. The van der Waals surface area contributed by atoms with Crippen molar-refractivity contribution in [2.75, 3.05) is 20.6 Å². The summed E-state index contributed by atoms with van der Waals surface area (Å²) in [5.74, 6) is -0.758. The first-order valence-electron chi connectivity index (χ1n) is 6.86. The van der Waals surface area contributed by atoms with Gasteiger partial charge in [0, 0.05) is 6.54 Å². The van der Waals surface area contributed by atoms with Crippen molar-refractivity contribution in [2.24, 2.45) is 0 Å². The highest BCUT2D eigenvalue weighted by molar-refractivity contribution is 7.89. The molecule has 1 atom stereocenters. The minimum absolute atomic E-state index is 0.338. The molecule has 0 amide bonds. The van der Waals surface area contributed by atoms with Gasteiger partial charge >= 0.3 is 0 Å². The average molecular weight is 322 g/mol. The van der Waals surface area contributed by atoms with Crippen molar-refractivity contribution in [3.8, 4) is 0 Å². The van der Waals surface area contributed by atoms with E-state index in [0.29, 0.717) is 6.54 Å². The molecule has 1 N–H and O–H groups in total. The van der Waals surface area contributed by atoms with Gasteiger partial charge in [0.2, 0.25) is 10.0 Å². The van der Waals surface area contributed by atoms with Crippen LogP contribution in [0.3, 0.4) is 0 Å². The largest absolute Gasteiger partial charge is 0.307 e. The second-order valence-electron chi connectivity index (χ2n) is 5.28. The van der Waals surface area contributed by atoms with Gasteiger partial charge in [-0.2, -0.15) is 0 Å². The Morgan fingerprint density at radius 2 is 1.64 bits per heavy atom. The van der Waals surface area contributed by atoms with Crippen molar-refractivity contribution in [1.82, 2.24) is 9.62 Å². The van der Waals surface area contributed by atoms with Gasteiger partial charge in [-0.25, -0.2) is 17.5 Å². The van der Waals surface area contributed by atoms with Crippen LogP contribution in [0.4, 0.5) is 4.39 Å². The number of hydrogen-bond donors (Lipinski definition) is 1. The fourth-order valence-electron chi connectivity index (χ4n) is 2.17. The van der Waals surface area contributed by atoms with E-state index < -0.39 is 21.9 Å². The van der Waals surface area contributed by atoms with Crippen molar-refractivity contribution in [2.45, 2.75) is 10.9 Å². The Morgan fingerprint density at radius 1 is 1.05 bits per heavy atom. The molecule has 0 saturated carbocycles. The van der Waals surface area contributed by atoms with Crippen LogP contribution >= 0.6 is 0 Å². The summed E-state index contributed by atoms with van der Waals surface area (Å²) in [5, 5.41) is 0. The van der Waals surface area contributed by atoms with Gasteiger partial charge < -0.3 is 4.90 Å². The molecule has 0 spiro atoms. The van der Waals surface area contributed by atoms with E-state index in [1.165, 1.54) is 18.2 Å². The lowest BCUT2D eigenvalue weighted by Gasteiger charge is -2.22. The van der Waals surface area contributed by atoms with Crippen molar-refractivity contribution >= 4 is 10.0 Å². The van der Waals surface area contributed by atoms with Gasteiger partial charge in [0.05, 0.1) is 6.04 Å². The molecular formula is C16H19FN2O2S. The van der Waals surface area contributed by atoms with E-state index >= 15 is 0 Å². The molecule has 0 saturated heterocycles. The van der Waals surface area contributed by atoms with E-state index in [0.717, 1.165) is 11.6 Å². The first-order chi connectivity index (χ1) is 10.4. The number of nitrogens with zero attached hydrogens (tertiary/aromatic N) is 1. The van der Waals surface area contributed by atoms with Gasteiger partial charge in [-0.05, 0) is 31.8 Å². The van der Waals surface area contributed by atoms with Gasteiger partial charge in [0.1, 0.15) is 10.7 Å². The number of rotatable bonds is 6. The number of sulfonamides is 1. The Labute approximate surface area is 130 Å². The Kier molecular flexibility index (Phi) is 5.28.